The van der Waals surface area contributed by atoms with Gasteiger partial charge in [-0.3, -0.25) is 4.79 Å². The molecule has 43 heavy (non-hydrogen) atoms. The smallest absolute Gasteiger partial charge is 0.317 e. The van der Waals surface area contributed by atoms with E-state index in [0.29, 0.717) is 25.4 Å². The number of carbonyl (C=O) groups is 2. The number of amides is 3. The molecule has 1 aliphatic heterocycles. The van der Waals surface area contributed by atoms with Crippen LogP contribution in [0.15, 0.2) is 78.9 Å². The van der Waals surface area contributed by atoms with Crippen LogP contribution in [-0.2, 0) is 18.4 Å². The molecule has 0 bridgehead atoms. The summed E-state index contributed by atoms with van der Waals surface area (Å²) in [5.41, 5.74) is 5.36. The zero-order valence-electron chi connectivity index (χ0n) is 25.7. The third kappa shape index (κ3) is 6.17. The van der Waals surface area contributed by atoms with Crippen molar-refractivity contribution >= 4 is 22.8 Å². The summed E-state index contributed by atoms with van der Waals surface area (Å²) in [7, 11) is 3.69. The lowest BCUT2D eigenvalue weighted by atomic mass is 9.96. The molecule has 0 saturated heterocycles. The summed E-state index contributed by atoms with van der Waals surface area (Å²) in [4.78, 5) is 31.1. The van der Waals surface area contributed by atoms with Gasteiger partial charge in [0, 0.05) is 49.6 Å². The zero-order chi connectivity index (χ0) is 30.7. The molecule has 1 aliphatic rings. The van der Waals surface area contributed by atoms with Crippen LogP contribution >= 0.6 is 0 Å². The minimum absolute atomic E-state index is 0.136. The van der Waals surface area contributed by atoms with Crippen LogP contribution in [0.4, 0.5) is 4.79 Å². The number of aryl methyl sites for hydroxylation is 1. The van der Waals surface area contributed by atoms with E-state index in [0.717, 1.165) is 33.2 Å². The summed E-state index contributed by atoms with van der Waals surface area (Å²) in [6.07, 6.45) is -0.366. The number of fused-ring (bicyclic) bond motifs is 5. The molecule has 3 amide bonds. The summed E-state index contributed by atoms with van der Waals surface area (Å²) in [6, 6.07) is 25.2. The number of benzene rings is 3. The van der Waals surface area contributed by atoms with Crippen molar-refractivity contribution in [3.05, 3.63) is 95.7 Å². The van der Waals surface area contributed by atoms with Crippen LogP contribution in [0, 0.1) is 5.92 Å². The number of nitrogens with zero attached hydrogens (tertiary/aromatic N) is 3. The Balaban J connectivity index is 1.50. The van der Waals surface area contributed by atoms with E-state index in [1.165, 1.54) is 0 Å². The van der Waals surface area contributed by atoms with Crippen molar-refractivity contribution in [3.8, 4) is 11.1 Å². The van der Waals surface area contributed by atoms with Crippen LogP contribution in [0.3, 0.4) is 0 Å². The van der Waals surface area contributed by atoms with Crippen LogP contribution < -0.4 is 5.32 Å². The molecule has 226 valence electrons. The molecule has 5 rings (SSSR count). The number of rotatable bonds is 6. The average Bonchev–Trinajstić information content (AvgIpc) is 3.32. The van der Waals surface area contributed by atoms with E-state index in [1.807, 2.05) is 111 Å². The van der Waals surface area contributed by atoms with Gasteiger partial charge in [-0.25, -0.2) is 4.79 Å². The first-order chi connectivity index (χ1) is 20.7. The van der Waals surface area contributed by atoms with Gasteiger partial charge in [-0.2, -0.15) is 0 Å². The second kappa shape index (κ2) is 13.0. The van der Waals surface area contributed by atoms with Crippen LogP contribution in [0.5, 0.6) is 0 Å². The summed E-state index contributed by atoms with van der Waals surface area (Å²) in [6.45, 7) is 6.72. The second-order valence-electron chi connectivity index (χ2n) is 11.7. The van der Waals surface area contributed by atoms with Gasteiger partial charge in [0.25, 0.3) is 5.91 Å². The molecule has 8 nitrogen and oxygen atoms in total. The lowest BCUT2D eigenvalue weighted by molar-refractivity contribution is -0.0186. The first kappa shape index (κ1) is 30.3. The summed E-state index contributed by atoms with van der Waals surface area (Å²) in [5.74, 6) is -0.275. The van der Waals surface area contributed by atoms with Gasteiger partial charge in [-0.05, 0) is 36.6 Å². The Labute approximate surface area is 253 Å². The molecule has 3 aromatic carbocycles. The minimum atomic E-state index is -0.412. The molecule has 4 atom stereocenters. The van der Waals surface area contributed by atoms with Crippen LogP contribution in [0.1, 0.15) is 48.4 Å². The Morgan fingerprint density at radius 3 is 2.47 bits per heavy atom. The van der Waals surface area contributed by atoms with Crippen molar-refractivity contribution in [2.45, 2.75) is 45.6 Å². The highest BCUT2D eigenvalue weighted by molar-refractivity contribution is 6.10. The average molecular weight is 583 g/mol. The lowest BCUT2D eigenvalue weighted by Gasteiger charge is -2.35. The Hall–Kier alpha value is -4.14. The topological polar surface area (TPSA) is 87.0 Å². The number of likely N-dealkylation sites (N-methyl/N-ethyl adjacent to an activating group) is 1. The first-order valence-electron chi connectivity index (χ1n) is 15.0. The van der Waals surface area contributed by atoms with Crippen LogP contribution in [-0.4, -0.2) is 70.3 Å². The van der Waals surface area contributed by atoms with Crippen molar-refractivity contribution in [3.63, 3.8) is 0 Å². The van der Waals surface area contributed by atoms with Gasteiger partial charge in [-0.15, -0.1) is 0 Å². The van der Waals surface area contributed by atoms with E-state index in [4.69, 9.17) is 4.74 Å². The van der Waals surface area contributed by atoms with E-state index in [-0.39, 0.29) is 36.6 Å². The van der Waals surface area contributed by atoms with Gasteiger partial charge in [0.2, 0.25) is 0 Å². The number of ether oxygens (including phenoxy) is 1. The van der Waals surface area contributed by atoms with E-state index < -0.39 is 6.04 Å². The Morgan fingerprint density at radius 1 is 1.05 bits per heavy atom. The van der Waals surface area contributed by atoms with E-state index in [1.54, 1.807) is 16.8 Å². The van der Waals surface area contributed by atoms with Gasteiger partial charge in [-0.1, -0.05) is 79.7 Å². The highest BCUT2D eigenvalue weighted by Gasteiger charge is 2.34. The van der Waals surface area contributed by atoms with Crippen molar-refractivity contribution in [1.82, 2.24) is 19.7 Å². The maximum Gasteiger partial charge on any atom is 0.317 e. The van der Waals surface area contributed by atoms with Crippen LogP contribution in [0.25, 0.3) is 22.0 Å². The highest BCUT2D eigenvalue weighted by atomic mass is 16.5. The second-order valence-corrected chi connectivity index (χ2v) is 11.7. The van der Waals surface area contributed by atoms with Gasteiger partial charge >= 0.3 is 6.03 Å². The molecule has 0 fully saturated rings. The van der Waals surface area contributed by atoms with Crippen molar-refractivity contribution in [1.29, 1.82) is 0 Å². The van der Waals surface area contributed by atoms with Gasteiger partial charge in [0.05, 0.1) is 31.4 Å². The number of para-hydroxylation sites is 1. The molecule has 0 unspecified atom stereocenters. The molecule has 0 aliphatic carbocycles. The quantitative estimate of drug-likeness (QED) is 0.310. The fraction of sp³-hybridized carbons (Fsp3) is 0.371. The number of urea groups is 1. The number of hydrogen-bond donors (Lipinski definition) is 2. The van der Waals surface area contributed by atoms with Crippen molar-refractivity contribution < 1.29 is 19.4 Å². The Kier molecular flexibility index (Phi) is 9.18. The van der Waals surface area contributed by atoms with E-state index in [2.05, 4.69) is 5.32 Å². The summed E-state index contributed by atoms with van der Waals surface area (Å²) >= 11 is 0. The molecule has 8 heteroatoms. The third-order valence-electron chi connectivity index (χ3n) is 8.67. The normalized spacial score (nSPS) is 18.7. The standard InChI is InChI=1S/C35H42N4O4/c1-23-19-39(24(2)21-40)34(41)33-32(29-17-11-12-18-30(29)38(33)5)28-16-10-9-15-27(28)22-43-31(23)20-37(4)35(42)36-25(3)26-13-7-6-8-14-26/h6-18,23-25,31,40H,19-22H2,1-5H3,(H,36,42)/t23-,24-,25-,31+/m1/s1. The molecule has 0 spiro atoms. The Bertz CT molecular complexity index is 1580. The Morgan fingerprint density at radius 2 is 1.72 bits per heavy atom. The number of hydrogen-bond acceptors (Lipinski definition) is 4. The highest BCUT2D eigenvalue weighted by Crippen LogP contribution is 2.38. The maximum absolute atomic E-state index is 14.5. The van der Waals surface area contributed by atoms with Gasteiger partial charge in [0.1, 0.15) is 5.69 Å². The van der Waals surface area contributed by atoms with E-state index in [9.17, 15) is 14.7 Å². The number of aromatic nitrogens is 1. The zero-order valence-corrected chi connectivity index (χ0v) is 25.7. The largest absolute Gasteiger partial charge is 0.394 e. The molecular formula is C35H42N4O4. The predicted octanol–water partition coefficient (Wildman–Crippen LogP) is 5.61. The number of aliphatic hydroxyl groups excluding tert-OH is 1. The molecule has 1 aromatic heterocycles. The number of nitrogens with one attached hydrogen (secondary N) is 1. The minimum Gasteiger partial charge on any atom is -0.394 e. The molecule has 2 N–H and O–H groups in total. The fourth-order valence-corrected chi connectivity index (χ4v) is 6.00. The summed E-state index contributed by atoms with van der Waals surface area (Å²) in [5, 5.41) is 14.3. The van der Waals surface area contributed by atoms with Gasteiger partial charge in [0.15, 0.2) is 0 Å². The third-order valence-corrected chi connectivity index (χ3v) is 8.67. The molecular weight excluding hydrogens is 540 g/mol. The molecule has 4 aromatic rings. The monoisotopic (exact) mass is 582 g/mol. The van der Waals surface area contributed by atoms with E-state index >= 15 is 0 Å². The van der Waals surface area contributed by atoms with Crippen molar-refractivity contribution in [2.24, 2.45) is 13.0 Å². The fourth-order valence-electron chi connectivity index (χ4n) is 6.00. The molecule has 0 saturated carbocycles. The maximum atomic E-state index is 14.5. The summed E-state index contributed by atoms with van der Waals surface area (Å²) < 4.78 is 8.59. The number of carbonyl (C=O) groups excluding carboxylic acids is 2. The predicted molar refractivity (Wildman–Crippen MR) is 170 cm³/mol. The van der Waals surface area contributed by atoms with Crippen LogP contribution in [0.2, 0.25) is 0 Å². The first-order valence-corrected chi connectivity index (χ1v) is 15.0. The lowest BCUT2D eigenvalue weighted by Crippen LogP contribution is -2.49. The SMILES string of the molecule is C[C@@H]1CN([C@H](C)CO)C(=O)c2c(c3ccccc3n2C)-c2ccccc2CO[C@H]1CN(C)C(=O)N[C@H](C)c1ccccc1. The van der Waals surface area contributed by atoms with Crippen molar-refractivity contribution in [2.75, 3.05) is 26.7 Å². The number of aliphatic hydroxyl groups is 1. The molecule has 2 heterocycles. The van der Waals surface area contributed by atoms with Gasteiger partial charge < -0.3 is 29.5 Å². The molecule has 0 radical (unpaired) electrons.